The standard InChI is InChI=1S/C17H25F3N2O3/c1-2-3-9-21(11-17(18,19)20)14(23)8-10-22-15(24)12-6-4-5-7-13(12)16(22)25/h12-13H,2-11H2,1H3. The first-order valence-electron chi connectivity index (χ1n) is 8.94. The lowest BCUT2D eigenvalue weighted by molar-refractivity contribution is -0.161. The Bertz CT molecular complexity index is 498. The van der Waals surface area contributed by atoms with Gasteiger partial charge in [0.05, 0.1) is 11.8 Å². The fourth-order valence-electron chi connectivity index (χ4n) is 3.67. The summed E-state index contributed by atoms with van der Waals surface area (Å²) in [5.74, 6) is -1.80. The minimum Gasteiger partial charge on any atom is -0.334 e. The molecule has 1 aliphatic carbocycles. The van der Waals surface area contributed by atoms with Crippen LogP contribution in [-0.2, 0) is 14.4 Å². The number of nitrogens with zero attached hydrogens (tertiary/aromatic N) is 2. The van der Waals surface area contributed by atoms with Crippen LogP contribution in [0.2, 0.25) is 0 Å². The molecular formula is C17H25F3N2O3. The highest BCUT2D eigenvalue weighted by molar-refractivity contribution is 6.05. The highest BCUT2D eigenvalue weighted by Crippen LogP contribution is 2.38. The largest absolute Gasteiger partial charge is 0.406 e. The van der Waals surface area contributed by atoms with Gasteiger partial charge in [-0.25, -0.2) is 0 Å². The van der Waals surface area contributed by atoms with Gasteiger partial charge < -0.3 is 4.90 Å². The van der Waals surface area contributed by atoms with Gasteiger partial charge in [-0.15, -0.1) is 0 Å². The molecule has 2 unspecified atom stereocenters. The molecular weight excluding hydrogens is 337 g/mol. The lowest BCUT2D eigenvalue weighted by Crippen LogP contribution is -2.42. The number of carbonyl (C=O) groups is 3. The van der Waals surface area contributed by atoms with E-state index in [4.69, 9.17) is 0 Å². The summed E-state index contributed by atoms with van der Waals surface area (Å²) in [7, 11) is 0. The summed E-state index contributed by atoms with van der Waals surface area (Å²) in [5, 5.41) is 0. The quantitative estimate of drug-likeness (QED) is 0.655. The predicted molar refractivity (Wildman–Crippen MR) is 84.3 cm³/mol. The number of hydrogen-bond acceptors (Lipinski definition) is 3. The van der Waals surface area contributed by atoms with E-state index in [2.05, 4.69) is 0 Å². The molecule has 0 bridgehead atoms. The van der Waals surface area contributed by atoms with Gasteiger partial charge in [-0.2, -0.15) is 13.2 Å². The van der Waals surface area contributed by atoms with Gasteiger partial charge in [0, 0.05) is 19.5 Å². The molecule has 0 spiro atoms. The van der Waals surface area contributed by atoms with E-state index in [0.717, 1.165) is 22.6 Å². The van der Waals surface area contributed by atoms with Crippen LogP contribution in [0.3, 0.4) is 0 Å². The Morgan fingerprint density at radius 3 is 2.20 bits per heavy atom. The topological polar surface area (TPSA) is 57.7 Å². The van der Waals surface area contributed by atoms with Gasteiger partial charge in [-0.1, -0.05) is 26.2 Å². The fraction of sp³-hybridized carbons (Fsp3) is 0.824. The van der Waals surface area contributed by atoms with E-state index in [9.17, 15) is 27.6 Å². The molecule has 1 saturated heterocycles. The molecule has 0 aromatic carbocycles. The molecule has 1 saturated carbocycles. The van der Waals surface area contributed by atoms with Gasteiger partial charge in [-0.05, 0) is 19.3 Å². The number of fused-ring (bicyclic) bond motifs is 1. The van der Waals surface area contributed by atoms with Crippen molar-refractivity contribution in [3.63, 3.8) is 0 Å². The minimum absolute atomic E-state index is 0.0297. The van der Waals surface area contributed by atoms with Gasteiger partial charge in [0.15, 0.2) is 0 Å². The first kappa shape index (κ1) is 19.7. The number of hydrogen-bond donors (Lipinski definition) is 0. The Morgan fingerprint density at radius 2 is 1.72 bits per heavy atom. The molecule has 1 heterocycles. The Hall–Kier alpha value is -1.60. The molecule has 2 fully saturated rings. The third-order valence-corrected chi connectivity index (χ3v) is 4.99. The lowest BCUT2D eigenvalue weighted by Gasteiger charge is -2.25. The average Bonchev–Trinajstić information content (AvgIpc) is 2.80. The second-order valence-corrected chi connectivity index (χ2v) is 6.86. The lowest BCUT2D eigenvalue weighted by atomic mass is 9.81. The zero-order valence-corrected chi connectivity index (χ0v) is 14.5. The SMILES string of the molecule is CCCCN(CC(F)(F)F)C(=O)CCN1C(=O)C2CCCCC2C1=O. The number of halogens is 3. The summed E-state index contributed by atoms with van der Waals surface area (Å²) in [6, 6.07) is 0. The van der Waals surface area contributed by atoms with E-state index < -0.39 is 18.6 Å². The van der Waals surface area contributed by atoms with Crippen molar-refractivity contribution in [2.24, 2.45) is 11.8 Å². The number of unbranched alkanes of at least 4 members (excludes halogenated alkanes) is 1. The van der Waals surface area contributed by atoms with Crippen LogP contribution >= 0.6 is 0 Å². The van der Waals surface area contributed by atoms with Gasteiger partial charge >= 0.3 is 6.18 Å². The minimum atomic E-state index is -4.46. The second-order valence-electron chi connectivity index (χ2n) is 6.86. The summed E-state index contributed by atoms with van der Waals surface area (Å²) in [6.45, 7) is 0.449. The van der Waals surface area contributed by atoms with Crippen molar-refractivity contribution in [3.05, 3.63) is 0 Å². The van der Waals surface area contributed by atoms with Crippen LogP contribution in [-0.4, -0.2) is 53.3 Å². The Morgan fingerprint density at radius 1 is 1.16 bits per heavy atom. The van der Waals surface area contributed by atoms with Crippen molar-refractivity contribution in [1.29, 1.82) is 0 Å². The van der Waals surface area contributed by atoms with Crippen molar-refractivity contribution in [2.45, 2.75) is 58.0 Å². The molecule has 25 heavy (non-hydrogen) atoms. The number of carbonyl (C=O) groups excluding carboxylic acids is 3. The summed E-state index contributed by atoms with van der Waals surface area (Å²) in [4.78, 5) is 38.7. The molecule has 142 valence electrons. The number of imide groups is 1. The molecule has 3 amide bonds. The molecule has 2 aliphatic rings. The molecule has 2 atom stereocenters. The van der Waals surface area contributed by atoms with Gasteiger partial charge in [0.25, 0.3) is 0 Å². The molecule has 5 nitrogen and oxygen atoms in total. The van der Waals surface area contributed by atoms with Crippen molar-refractivity contribution in [2.75, 3.05) is 19.6 Å². The number of likely N-dealkylation sites (tertiary alicyclic amines) is 1. The van der Waals surface area contributed by atoms with E-state index in [1.54, 1.807) is 0 Å². The van der Waals surface area contributed by atoms with Gasteiger partial charge in [0.2, 0.25) is 17.7 Å². The first-order valence-corrected chi connectivity index (χ1v) is 8.94. The van der Waals surface area contributed by atoms with E-state index >= 15 is 0 Å². The third-order valence-electron chi connectivity index (χ3n) is 4.99. The first-order chi connectivity index (χ1) is 11.7. The van der Waals surface area contributed by atoms with Crippen molar-refractivity contribution in [1.82, 2.24) is 9.80 Å². The van der Waals surface area contributed by atoms with Crippen molar-refractivity contribution < 1.29 is 27.6 Å². The maximum absolute atomic E-state index is 12.6. The maximum Gasteiger partial charge on any atom is 0.406 e. The highest BCUT2D eigenvalue weighted by atomic mass is 19.4. The van der Waals surface area contributed by atoms with Crippen molar-refractivity contribution in [3.8, 4) is 0 Å². The molecule has 1 aliphatic heterocycles. The number of amides is 3. The van der Waals surface area contributed by atoms with E-state index in [1.165, 1.54) is 0 Å². The summed E-state index contributed by atoms with van der Waals surface area (Å²) < 4.78 is 37.9. The Balaban J connectivity index is 1.94. The number of alkyl halides is 3. The fourth-order valence-corrected chi connectivity index (χ4v) is 3.67. The van der Waals surface area contributed by atoms with Crippen LogP contribution < -0.4 is 0 Å². The summed E-state index contributed by atoms with van der Waals surface area (Å²) >= 11 is 0. The smallest absolute Gasteiger partial charge is 0.334 e. The van der Waals surface area contributed by atoms with E-state index in [1.807, 2.05) is 6.92 Å². The van der Waals surface area contributed by atoms with E-state index in [0.29, 0.717) is 25.7 Å². The van der Waals surface area contributed by atoms with Crippen LogP contribution in [0.5, 0.6) is 0 Å². The second kappa shape index (κ2) is 8.19. The van der Waals surface area contributed by atoms with E-state index in [-0.39, 0.29) is 43.2 Å². The van der Waals surface area contributed by atoms with Gasteiger partial charge in [0.1, 0.15) is 6.54 Å². The molecule has 0 aromatic heterocycles. The zero-order valence-electron chi connectivity index (χ0n) is 14.5. The number of rotatable bonds is 7. The van der Waals surface area contributed by atoms with Gasteiger partial charge in [-0.3, -0.25) is 19.3 Å². The normalized spacial score (nSPS) is 23.8. The monoisotopic (exact) mass is 362 g/mol. The molecule has 0 radical (unpaired) electrons. The molecule has 2 rings (SSSR count). The van der Waals surface area contributed by atoms with Crippen LogP contribution in [0.1, 0.15) is 51.9 Å². The van der Waals surface area contributed by atoms with Crippen LogP contribution in [0.25, 0.3) is 0 Å². The van der Waals surface area contributed by atoms with Crippen molar-refractivity contribution >= 4 is 17.7 Å². The molecule has 8 heteroatoms. The van der Waals surface area contributed by atoms with Crippen LogP contribution in [0.15, 0.2) is 0 Å². The molecule has 0 aromatic rings. The molecule has 0 N–H and O–H groups in total. The third kappa shape index (κ3) is 4.95. The predicted octanol–water partition coefficient (Wildman–Crippen LogP) is 2.74. The Kier molecular flexibility index (Phi) is 6.46. The average molecular weight is 362 g/mol. The highest BCUT2D eigenvalue weighted by Gasteiger charge is 2.48. The van der Waals surface area contributed by atoms with Crippen LogP contribution in [0, 0.1) is 11.8 Å². The maximum atomic E-state index is 12.6. The summed E-state index contributed by atoms with van der Waals surface area (Å²) in [5.41, 5.74) is 0. The van der Waals surface area contributed by atoms with Crippen LogP contribution in [0.4, 0.5) is 13.2 Å². The zero-order chi connectivity index (χ0) is 18.6. The summed E-state index contributed by atoms with van der Waals surface area (Å²) in [6.07, 6.45) is -0.393. The Labute approximate surface area is 145 Å².